The molecule has 3 heterocycles. The molecule has 6 heteroatoms. The molecule has 6 N–H and O–H groups in total. The molecule has 1 unspecified atom stereocenters. The Labute approximate surface area is 168 Å². The number of hydrogen-bond donors (Lipinski definition) is 5. The number of nitrogens with two attached hydrogens (primary N) is 1. The summed E-state index contributed by atoms with van der Waals surface area (Å²) in [4.78, 5) is 11.0. The molecule has 0 aliphatic carbocycles. The number of benzene rings is 2. The van der Waals surface area contributed by atoms with Crippen molar-refractivity contribution < 1.29 is 0 Å². The highest BCUT2D eigenvalue weighted by molar-refractivity contribution is 5.83. The lowest BCUT2D eigenvalue weighted by molar-refractivity contribution is 0.343. The molecular weight excluding hydrogens is 360 g/mol. The Bertz CT molecular complexity index is 1210. The van der Waals surface area contributed by atoms with Crippen molar-refractivity contribution in [2.75, 3.05) is 0 Å². The molecule has 2 aromatic carbocycles. The lowest BCUT2D eigenvalue weighted by atomic mass is 10.0. The van der Waals surface area contributed by atoms with Gasteiger partial charge in [-0.2, -0.15) is 0 Å². The number of aromatic nitrogens is 2. The molecule has 1 atom stereocenters. The summed E-state index contributed by atoms with van der Waals surface area (Å²) in [6.07, 6.45) is 9.25. The Kier molecular flexibility index (Phi) is 4.33. The summed E-state index contributed by atoms with van der Waals surface area (Å²) in [5.74, 6) is 0.0654. The van der Waals surface area contributed by atoms with Crippen molar-refractivity contribution in [2.24, 2.45) is 10.7 Å². The molecule has 6 nitrogen and oxygen atoms in total. The lowest BCUT2D eigenvalue weighted by Gasteiger charge is -2.31. The number of aliphatic imine (C=N–C) groups is 1. The van der Waals surface area contributed by atoms with Crippen LogP contribution in [0.15, 0.2) is 77.8 Å². The molecule has 1 aliphatic heterocycles. The van der Waals surface area contributed by atoms with E-state index in [1.807, 2.05) is 18.3 Å². The minimum atomic E-state index is -0.819. The van der Waals surface area contributed by atoms with Crippen molar-refractivity contribution in [1.29, 1.82) is 0 Å². The van der Waals surface area contributed by atoms with Crippen molar-refractivity contribution in [3.05, 3.63) is 83.9 Å². The van der Waals surface area contributed by atoms with Crippen LogP contribution in [0.5, 0.6) is 0 Å². The number of H-pyrrole nitrogens is 2. The highest BCUT2D eigenvalue weighted by Crippen LogP contribution is 2.22. The van der Waals surface area contributed by atoms with Gasteiger partial charge >= 0.3 is 0 Å². The third-order valence-electron chi connectivity index (χ3n) is 5.45. The van der Waals surface area contributed by atoms with E-state index in [1.54, 1.807) is 6.21 Å². The SMILES string of the molecule is NC1(CCc2c[nH]c3ccccc23)N=CC=C(NCc2ccc3[nH]ccc3c2)N1. The Hall–Kier alpha value is -3.51. The summed E-state index contributed by atoms with van der Waals surface area (Å²) >= 11 is 0. The molecule has 0 saturated carbocycles. The molecule has 0 radical (unpaired) electrons. The van der Waals surface area contributed by atoms with Gasteiger partial charge in [-0.15, -0.1) is 0 Å². The van der Waals surface area contributed by atoms with Gasteiger partial charge in [0.05, 0.1) is 0 Å². The van der Waals surface area contributed by atoms with Gasteiger partial charge in [0.1, 0.15) is 5.82 Å². The van der Waals surface area contributed by atoms with Gasteiger partial charge in [0.25, 0.3) is 0 Å². The van der Waals surface area contributed by atoms with Crippen molar-refractivity contribution in [1.82, 2.24) is 20.6 Å². The van der Waals surface area contributed by atoms with Crippen LogP contribution in [0.25, 0.3) is 21.8 Å². The molecular formula is C23H24N6. The van der Waals surface area contributed by atoms with Crippen LogP contribution in [0.2, 0.25) is 0 Å². The largest absolute Gasteiger partial charge is 0.368 e. The van der Waals surface area contributed by atoms with E-state index in [0.717, 1.165) is 23.3 Å². The summed E-state index contributed by atoms with van der Waals surface area (Å²) in [6, 6.07) is 16.8. The molecule has 1 aliphatic rings. The standard InChI is InChI=1S/C23H24N6/c24-23(10-7-18-15-26-21-4-2-1-3-19(18)21)28-12-9-22(29-23)27-14-16-5-6-20-17(13-16)8-11-25-20/h1-6,8-9,11-13,15,25-27,29H,7,10,14,24H2. The molecule has 0 fully saturated rings. The van der Waals surface area contributed by atoms with Crippen molar-refractivity contribution in [2.45, 2.75) is 25.2 Å². The van der Waals surface area contributed by atoms with Crippen LogP contribution in [-0.2, 0) is 13.0 Å². The Morgan fingerprint density at radius 3 is 2.93 bits per heavy atom. The minimum Gasteiger partial charge on any atom is -0.368 e. The van der Waals surface area contributed by atoms with Gasteiger partial charge in [-0.25, -0.2) is 0 Å². The molecule has 146 valence electrons. The second kappa shape index (κ2) is 7.14. The first-order valence-corrected chi connectivity index (χ1v) is 9.86. The van der Waals surface area contributed by atoms with Crippen LogP contribution in [-0.4, -0.2) is 22.0 Å². The Morgan fingerprint density at radius 2 is 1.97 bits per heavy atom. The first kappa shape index (κ1) is 17.6. The normalized spacial score (nSPS) is 18.7. The van der Waals surface area contributed by atoms with Gasteiger partial charge in [0.2, 0.25) is 0 Å². The van der Waals surface area contributed by atoms with Crippen molar-refractivity contribution in [3.63, 3.8) is 0 Å². The van der Waals surface area contributed by atoms with Gasteiger partial charge in [-0.1, -0.05) is 24.3 Å². The smallest absolute Gasteiger partial charge is 0.183 e. The number of allylic oxidation sites excluding steroid dienone is 1. The fourth-order valence-electron chi connectivity index (χ4n) is 3.86. The fraction of sp³-hybridized carbons (Fsp3) is 0.174. The van der Waals surface area contributed by atoms with Gasteiger partial charge in [0.15, 0.2) is 5.79 Å². The van der Waals surface area contributed by atoms with E-state index in [4.69, 9.17) is 5.73 Å². The number of rotatable bonds is 6. The van der Waals surface area contributed by atoms with E-state index in [1.165, 1.54) is 21.9 Å². The number of nitrogens with one attached hydrogen (secondary N) is 4. The molecule has 5 rings (SSSR count). The van der Waals surface area contributed by atoms with Gasteiger partial charge < -0.3 is 20.6 Å². The van der Waals surface area contributed by atoms with E-state index in [9.17, 15) is 0 Å². The summed E-state index contributed by atoms with van der Waals surface area (Å²) < 4.78 is 0. The Morgan fingerprint density at radius 1 is 1.03 bits per heavy atom. The highest BCUT2D eigenvalue weighted by Gasteiger charge is 2.26. The number of aromatic amines is 2. The lowest BCUT2D eigenvalue weighted by Crippen LogP contribution is -2.55. The maximum atomic E-state index is 6.54. The highest BCUT2D eigenvalue weighted by atomic mass is 15.3. The summed E-state index contributed by atoms with van der Waals surface area (Å²) in [5, 5.41) is 9.24. The summed E-state index contributed by atoms with van der Waals surface area (Å²) in [5.41, 5.74) is 11.3. The van der Waals surface area contributed by atoms with Crippen LogP contribution in [0.1, 0.15) is 17.5 Å². The number of nitrogens with zero attached hydrogens (tertiary/aromatic N) is 1. The van der Waals surface area contributed by atoms with Crippen LogP contribution in [0.3, 0.4) is 0 Å². The quantitative estimate of drug-likeness (QED) is 0.352. The second-order valence-electron chi connectivity index (χ2n) is 7.52. The van der Waals surface area contributed by atoms with E-state index >= 15 is 0 Å². The average molecular weight is 384 g/mol. The molecule has 0 bridgehead atoms. The van der Waals surface area contributed by atoms with Crippen molar-refractivity contribution in [3.8, 4) is 0 Å². The number of para-hydroxylation sites is 1. The molecule has 29 heavy (non-hydrogen) atoms. The predicted octanol–water partition coefficient (Wildman–Crippen LogP) is 3.50. The molecule has 0 saturated heterocycles. The number of hydrogen-bond acceptors (Lipinski definition) is 4. The van der Waals surface area contributed by atoms with Crippen LogP contribution < -0.4 is 16.4 Å². The zero-order valence-corrected chi connectivity index (χ0v) is 16.1. The average Bonchev–Trinajstić information content (AvgIpc) is 3.37. The third-order valence-corrected chi connectivity index (χ3v) is 5.45. The zero-order chi connectivity index (χ0) is 19.7. The molecule has 2 aromatic heterocycles. The maximum Gasteiger partial charge on any atom is 0.183 e. The summed E-state index contributed by atoms with van der Waals surface area (Å²) in [7, 11) is 0. The Balaban J connectivity index is 1.22. The van der Waals surface area contributed by atoms with Crippen LogP contribution in [0.4, 0.5) is 0 Å². The van der Waals surface area contributed by atoms with E-state index in [-0.39, 0.29) is 0 Å². The number of fused-ring (bicyclic) bond motifs is 2. The third kappa shape index (κ3) is 3.62. The zero-order valence-electron chi connectivity index (χ0n) is 16.1. The molecule has 4 aromatic rings. The van der Waals surface area contributed by atoms with Gasteiger partial charge in [-0.3, -0.25) is 10.7 Å². The van der Waals surface area contributed by atoms with Gasteiger partial charge in [-0.05, 0) is 53.3 Å². The molecule has 0 spiro atoms. The first-order chi connectivity index (χ1) is 14.2. The maximum absolute atomic E-state index is 6.54. The van der Waals surface area contributed by atoms with Crippen LogP contribution >= 0.6 is 0 Å². The van der Waals surface area contributed by atoms with E-state index in [0.29, 0.717) is 13.0 Å². The van der Waals surface area contributed by atoms with E-state index in [2.05, 4.69) is 74.3 Å². The fourth-order valence-corrected chi connectivity index (χ4v) is 3.86. The van der Waals surface area contributed by atoms with E-state index < -0.39 is 5.79 Å². The monoisotopic (exact) mass is 384 g/mol. The van der Waals surface area contributed by atoms with Gasteiger partial charge in [0, 0.05) is 48.0 Å². The summed E-state index contributed by atoms with van der Waals surface area (Å²) in [6.45, 7) is 0.715. The molecule has 0 amide bonds. The second-order valence-corrected chi connectivity index (χ2v) is 7.52. The first-order valence-electron chi connectivity index (χ1n) is 9.86. The van der Waals surface area contributed by atoms with Crippen LogP contribution in [0, 0.1) is 0 Å². The number of aryl methyl sites for hydroxylation is 1. The predicted molar refractivity (Wildman–Crippen MR) is 118 cm³/mol. The van der Waals surface area contributed by atoms with Crippen molar-refractivity contribution >= 4 is 28.0 Å². The topological polar surface area (TPSA) is 94.0 Å². The minimum absolute atomic E-state index is 0.694.